The van der Waals surface area contributed by atoms with E-state index in [1.54, 1.807) is 0 Å². The SMILES string of the molecule is CCCCCCCCCC(=O)OC(COC(=O)CCCCCC)COC1OC(COC2OC(CO)C(O)C(O)C2O)C(O)C(O)C1O. The van der Waals surface area contributed by atoms with Crippen molar-refractivity contribution >= 4 is 11.9 Å². The van der Waals surface area contributed by atoms with Crippen molar-refractivity contribution < 1.29 is 73.8 Å². The molecule has 7 N–H and O–H groups in total. The molecule has 2 fully saturated rings. The molecule has 276 valence electrons. The van der Waals surface area contributed by atoms with Crippen LogP contribution in [0.4, 0.5) is 0 Å². The quantitative estimate of drug-likeness (QED) is 0.0563. The van der Waals surface area contributed by atoms with Crippen molar-refractivity contribution in [2.75, 3.05) is 26.4 Å². The molecule has 2 aliphatic heterocycles. The number of hydrogen-bond donors (Lipinski definition) is 7. The Bertz CT molecular complexity index is 860. The minimum Gasteiger partial charge on any atom is -0.462 e. The van der Waals surface area contributed by atoms with Crippen molar-refractivity contribution in [3.8, 4) is 0 Å². The fraction of sp³-hybridized carbons (Fsp3) is 0.938. The second-order valence-corrected chi connectivity index (χ2v) is 12.4. The van der Waals surface area contributed by atoms with E-state index in [1.165, 1.54) is 6.42 Å². The highest BCUT2D eigenvalue weighted by Gasteiger charge is 2.47. The highest BCUT2D eigenvalue weighted by atomic mass is 16.7. The molecule has 2 aliphatic rings. The number of rotatable bonds is 23. The first kappa shape index (κ1) is 41.7. The van der Waals surface area contributed by atoms with Gasteiger partial charge in [0.05, 0.1) is 19.8 Å². The van der Waals surface area contributed by atoms with Crippen LogP contribution in [-0.4, -0.2) is 142 Å². The van der Waals surface area contributed by atoms with Crippen LogP contribution in [0.25, 0.3) is 0 Å². The predicted octanol–water partition coefficient (Wildman–Crippen LogP) is 0.193. The van der Waals surface area contributed by atoms with Gasteiger partial charge in [0, 0.05) is 12.8 Å². The molecule has 0 aromatic heterocycles. The molecule has 0 aromatic rings. The van der Waals surface area contributed by atoms with E-state index >= 15 is 0 Å². The standard InChI is InChI=1S/C32H58O15/c1-3-5-7-9-10-11-13-15-24(35)45-20(17-42-23(34)14-12-8-6-4-2)18-43-31-30(41)28(39)26(37)22(47-31)19-44-32-29(40)27(38)25(36)21(16-33)46-32/h20-22,25-33,36-41H,3-19H2,1-2H3. The molecule has 15 nitrogen and oxygen atoms in total. The fourth-order valence-electron chi connectivity index (χ4n) is 5.33. The van der Waals surface area contributed by atoms with Gasteiger partial charge in [-0.25, -0.2) is 0 Å². The Morgan fingerprint density at radius 3 is 1.68 bits per heavy atom. The molecule has 2 heterocycles. The summed E-state index contributed by atoms with van der Waals surface area (Å²) in [6, 6.07) is 0. The van der Waals surface area contributed by atoms with E-state index in [0.29, 0.717) is 12.8 Å². The van der Waals surface area contributed by atoms with Gasteiger partial charge in [0.2, 0.25) is 0 Å². The van der Waals surface area contributed by atoms with Crippen molar-refractivity contribution in [1.82, 2.24) is 0 Å². The van der Waals surface area contributed by atoms with Crippen LogP contribution in [0.2, 0.25) is 0 Å². The monoisotopic (exact) mass is 682 g/mol. The number of aliphatic hydroxyl groups is 7. The number of aliphatic hydroxyl groups excluding tert-OH is 7. The molecule has 15 heteroatoms. The number of ether oxygens (including phenoxy) is 6. The molecule has 0 spiro atoms. The maximum absolute atomic E-state index is 12.6. The topological polar surface area (TPSA) is 231 Å². The van der Waals surface area contributed by atoms with E-state index in [1.807, 2.05) is 0 Å². The summed E-state index contributed by atoms with van der Waals surface area (Å²) >= 11 is 0. The lowest BCUT2D eigenvalue weighted by Crippen LogP contribution is -2.61. The van der Waals surface area contributed by atoms with Crippen molar-refractivity contribution in [3.63, 3.8) is 0 Å². The number of carbonyl (C=O) groups excluding carboxylic acids is 2. The lowest BCUT2D eigenvalue weighted by Gasteiger charge is -2.42. The van der Waals surface area contributed by atoms with E-state index in [9.17, 15) is 45.3 Å². The molecular weight excluding hydrogens is 624 g/mol. The first-order valence-electron chi connectivity index (χ1n) is 17.1. The third-order valence-electron chi connectivity index (χ3n) is 8.34. The van der Waals surface area contributed by atoms with Crippen molar-refractivity contribution in [2.45, 2.75) is 165 Å². The maximum Gasteiger partial charge on any atom is 0.306 e. The molecule has 0 bridgehead atoms. The molecule has 0 saturated carbocycles. The summed E-state index contributed by atoms with van der Waals surface area (Å²) in [4.78, 5) is 24.9. The van der Waals surface area contributed by atoms with Crippen LogP contribution in [0.3, 0.4) is 0 Å². The van der Waals surface area contributed by atoms with Crippen LogP contribution in [0, 0.1) is 0 Å². The third-order valence-corrected chi connectivity index (χ3v) is 8.34. The molecule has 0 aromatic carbocycles. The van der Waals surface area contributed by atoms with E-state index < -0.39 is 92.7 Å². The van der Waals surface area contributed by atoms with Gasteiger partial charge in [0.25, 0.3) is 0 Å². The first-order chi connectivity index (χ1) is 22.5. The summed E-state index contributed by atoms with van der Waals surface area (Å²) in [6.07, 6.45) is -5.73. The van der Waals surface area contributed by atoms with Gasteiger partial charge < -0.3 is 64.2 Å². The Labute approximate surface area is 277 Å². The Hall–Kier alpha value is -1.50. The third kappa shape index (κ3) is 14.5. The molecule has 0 aliphatic carbocycles. The fourth-order valence-corrected chi connectivity index (χ4v) is 5.33. The van der Waals surface area contributed by atoms with E-state index in [2.05, 4.69) is 13.8 Å². The zero-order valence-corrected chi connectivity index (χ0v) is 27.8. The highest BCUT2D eigenvalue weighted by molar-refractivity contribution is 5.70. The van der Waals surface area contributed by atoms with Crippen LogP contribution in [0.15, 0.2) is 0 Å². The number of hydrogen-bond acceptors (Lipinski definition) is 15. The maximum atomic E-state index is 12.6. The second-order valence-electron chi connectivity index (χ2n) is 12.4. The largest absolute Gasteiger partial charge is 0.462 e. The average Bonchev–Trinajstić information content (AvgIpc) is 3.06. The zero-order valence-electron chi connectivity index (χ0n) is 27.8. The highest BCUT2D eigenvalue weighted by Crippen LogP contribution is 2.26. The Balaban J connectivity index is 1.95. The molecule has 47 heavy (non-hydrogen) atoms. The molecule has 11 unspecified atom stereocenters. The van der Waals surface area contributed by atoms with E-state index in [0.717, 1.165) is 51.4 Å². The second kappa shape index (κ2) is 23.0. The van der Waals surface area contributed by atoms with Gasteiger partial charge in [0.15, 0.2) is 18.7 Å². The van der Waals surface area contributed by atoms with Crippen LogP contribution in [0.1, 0.15) is 97.3 Å². The average molecular weight is 683 g/mol. The molecule has 2 rings (SSSR count). The van der Waals surface area contributed by atoms with Gasteiger partial charge in [-0.15, -0.1) is 0 Å². The summed E-state index contributed by atoms with van der Waals surface area (Å²) < 4.78 is 32.9. The first-order valence-corrected chi connectivity index (χ1v) is 17.1. The van der Waals surface area contributed by atoms with Crippen LogP contribution in [-0.2, 0) is 38.0 Å². The number of unbranched alkanes of at least 4 members (excludes halogenated alkanes) is 9. The van der Waals surface area contributed by atoms with Gasteiger partial charge in [-0.1, -0.05) is 71.6 Å². The Morgan fingerprint density at radius 1 is 0.596 bits per heavy atom. The van der Waals surface area contributed by atoms with Gasteiger partial charge in [-0.3, -0.25) is 9.59 Å². The van der Waals surface area contributed by atoms with Gasteiger partial charge in [-0.05, 0) is 12.8 Å². The summed E-state index contributed by atoms with van der Waals surface area (Å²) in [5.41, 5.74) is 0. The summed E-state index contributed by atoms with van der Waals surface area (Å²) in [6.45, 7) is 2.33. The Morgan fingerprint density at radius 2 is 1.09 bits per heavy atom. The molecule has 2 saturated heterocycles. The number of esters is 2. The lowest BCUT2D eigenvalue weighted by molar-refractivity contribution is -0.332. The van der Waals surface area contributed by atoms with Crippen LogP contribution >= 0.6 is 0 Å². The molecule has 0 radical (unpaired) electrons. The van der Waals surface area contributed by atoms with Gasteiger partial charge in [0.1, 0.15) is 55.4 Å². The van der Waals surface area contributed by atoms with E-state index in [4.69, 9.17) is 28.4 Å². The van der Waals surface area contributed by atoms with Crippen molar-refractivity contribution in [3.05, 3.63) is 0 Å². The molecular formula is C32H58O15. The van der Waals surface area contributed by atoms with E-state index in [-0.39, 0.29) is 26.1 Å². The zero-order chi connectivity index (χ0) is 34.8. The minimum absolute atomic E-state index is 0.167. The number of carbonyl (C=O) groups is 2. The lowest BCUT2D eigenvalue weighted by atomic mass is 9.98. The van der Waals surface area contributed by atoms with Gasteiger partial charge in [-0.2, -0.15) is 0 Å². The summed E-state index contributed by atoms with van der Waals surface area (Å²) in [5.74, 6) is -0.954. The summed E-state index contributed by atoms with van der Waals surface area (Å²) in [5, 5.41) is 71.1. The Kier molecular flexibility index (Phi) is 20.4. The van der Waals surface area contributed by atoms with Crippen LogP contribution < -0.4 is 0 Å². The normalized spacial score (nSPS) is 31.8. The predicted molar refractivity (Wildman–Crippen MR) is 165 cm³/mol. The van der Waals surface area contributed by atoms with Crippen molar-refractivity contribution in [1.29, 1.82) is 0 Å². The minimum atomic E-state index is -1.75. The van der Waals surface area contributed by atoms with Gasteiger partial charge >= 0.3 is 11.9 Å². The van der Waals surface area contributed by atoms with Crippen molar-refractivity contribution in [2.24, 2.45) is 0 Å². The summed E-state index contributed by atoms with van der Waals surface area (Å²) in [7, 11) is 0. The molecule has 11 atom stereocenters. The smallest absolute Gasteiger partial charge is 0.306 e. The molecule has 0 amide bonds. The van der Waals surface area contributed by atoms with Crippen LogP contribution in [0.5, 0.6) is 0 Å².